The summed E-state index contributed by atoms with van der Waals surface area (Å²) in [5.74, 6) is 0.954. The minimum absolute atomic E-state index is 0.198. The molecule has 16 heteroatoms. The fourth-order valence-electron chi connectivity index (χ4n) is 8.32. The normalized spacial score (nSPS) is 17.8. The number of thiophene rings is 1. The second kappa shape index (κ2) is 18.0. The molecule has 2 saturated heterocycles. The lowest BCUT2D eigenvalue weighted by atomic mass is 9.98. The molecule has 4 amide bonds. The highest BCUT2D eigenvalue weighted by Gasteiger charge is 2.39. The van der Waals surface area contributed by atoms with E-state index in [1.54, 1.807) is 29.1 Å². The summed E-state index contributed by atoms with van der Waals surface area (Å²) in [7, 11) is 4.04. The number of aromatic amines is 2. The maximum atomic E-state index is 13.8. The molecule has 15 nitrogen and oxygen atoms in total. The zero-order valence-electron chi connectivity index (χ0n) is 34.3. The molecular weight excluding hydrogens is 797 g/mol. The Morgan fingerprint density at radius 1 is 0.705 bits per heavy atom. The number of amides is 4. The Balaban J connectivity index is 0.941. The van der Waals surface area contributed by atoms with Gasteiger partial charge in [0.15, 0.2) is 0 Å². The van der Waals surface area contributed by atoms with Crippen LogP contribution >= 0.6 is 11.3 Å². The van der Waals surface area contributed by atoms with E-state index in [9.17, 15) is 19.2 Å². The van der Waals surface area contributed by atoms with Gasteiger partial charge in [-0.05, 0) is 94.6 Å². The summed E-state index contributed by atoms with van der Waals surface area (Å²) in [6.07, 6.45) is 4.83. The number of likely N-dealkylation sites (tertiary alicyclic amines) is 2. The van der Waals surface area contributed by atoms with Gasteiger partial charge in [-0.2, -0.15) is 11.3 Å². The van der Waals surface area contributed by atoms with Crippen molar-refractivity contribution in [3.05, 3.63) is 107 Å². The Morgan fingerprint density at radius 3 is 1.84 bits per heavy atom. The molecule has 5 atom stereocenters. The number of carbonyl (C=O) groups excluding carboxylic acids is 4. The predicted octanol–water partition coefficient (Wildman–Crippen LogP) is 7.53. The highest BCUT2D eigenvalue weighted by atomic mass is 32.1. The fourth-order valence-corrected chi connectivity index (χ4v) is 9.01. The summed E-state index contributed by atoms with van der Waals surface area (Å²) < 4.78 is 15.0. The van der Waals surface area contributed by atoms with Gasteiger partial charge in [0.25, 0.3) is 5.91 Å². The van der Waals surface area contributed by atoms with E-state index in [0.717, 1.165) is 75.7 Å². The number of benzene rings is 3. The van der Waals surface area contributed by atoms with Crippen LogP contribution in [-0.2, 0) is 23.8 Å². The molecule has 0 radical (unpaired) electrons. The van der Waals surface area contributed by atoms with Crippen molar-refractivity contribution in [2.24, 2.45) is 0 Å². The molecule has 3 aromatic heterocycles. The molecule has 4 N–H and O–H groups in total. The van der Waals surface area contributed by atoms with Crippen LogP contribution in [0.25, 0.3) is 44.4 Å². The van der Waals surface area contributed by atoms with Gasteiger partial charge < -0.3 is 44.6 Å². The largest absolute Gasteiger partial charge is 0.453 e. The molecule has 8 rings (SSSR count). The van der Waals surface area contributed by atoms with Crippen LogP contribution in [0.2, 0.25) is 0 Å². The first-order valence-electron chi connectivity index (χ1n) is 20.2. The third-order valence-corrected chi connectivity index (χ3v) is 12.4. The quantitative estimate of drug-likeness (QED) is 0.0967. The number of H-pyrrole nitrogens is 2. The minimum Gasteiger partial charge on any atom is -0.453 e. The van der Waals surface area contributed by atoms with Gasteiger partial charge in [-0.1, -0.05) is 48.5 Å². The Bertz CT molecular complexity index is 2520. The fraction of sp³-hybridized carbons (Fsp3) is 0.333. The van der Waals surface area contributed by atoms with E-state index in [1.165, 1.54) is 32.7 Å². The molecule has 6 aromatic rings. The van der Waals surface area contributed by atoms with E-state index in [-0.39, 0.29) is 23.9 Å². The minimum atomic E-state index is -0.898. The molecule has 5 unspecified atom stereocenters. The second-order valence-corrected chi connectivity index (χ2v) is 16.1. The van der Waals surface area contributed by atoms with Crippen molar-refractivity contribution in [2.45, 2.75) is 62.9 Å². The van der Waals surface area contributed by atoms with Gasteiger partial charge in [0.05, 0.1) is 56.2 Å². The number of fused-ring (bicyclic) bond motifs is 1. The summed E-state index contributed by atoms with van der Waals surface area (Å²) in [6, 6.07) is 20.6. The summed E-state index contributed by atoms with van der Waals surface area (Å²) in [5, 5.41) is 11.2. The first-order chi connectivity index (χ1) is 29.6. The number of ether oxygens (including phenoxy) is 3. The first-order valence-corrected chi connectivity index (χ1v) is 21.2. The summed E-state index contributed by atoms with van der Waals surface area (Å²) in [6.45, 7) is 2.84. The number of imidazole rings is 2. The van der Waals surface area contributed by atoms with Crippen molar-refractivity contribution in [3.8, 4) is 33.6 Å². The molecule has 0 bridgehead atoms. The van der Waals surface area contributed by atoms with Crippen molar-refractivity contribution >= 4 is 46.1 Å². The summed E-state index contributed by atoms with van der Waals surface area (Å²) in [5.41, 5.74) is 6.50. The predicted molar refractivity (Wildman–Crippen MR) is 230 cm³/mol. The first kappa shape index (κ1) is 41.2. The summed E-state index contributed by atoms with van der Waals surface area (Å²) >= 11 is 1.46. The van der Waals surface area contributed by atoms with Gasteiger partial charge in [0.1, 0.15) is 23.7 Å². The Labute approximate surface area is 356 Å². The topological polar surface area (TPSA) is 184 Å². The van der Waals surface area contributed by atoms with E-state index in [2.05, 4.69) is 81.3 Å². The van der Waals surface area contributed by atoms with Gasteiger partial charge in [-0.25, -0.2) is 19.6 Å². The van der Waals surface area contributed by atoms with Crippen LogP contribution in [0.1, 0.15) is 67.9 Å². The van der Waals surface area contributed by atoms with Crippen LogP contribution in [0.3, 0.4) is 0 Å². The highest BCUT2D eigenvalue weighted by molar-refractivity contribution is 7.08. The second-order valence-electron chi connectivity index (χ2n) is 15.3. The molecule has 0 aliphatic carbocycles. The van der Waals surface area contributed by atoms with Gasteiger partial charge in [0.2, 0.25) is 5.91 Å². The molecular formula is C45H48N8O7S. The van der Waals surface area contributed by atoms with Gasteiger partial charge in [-0.15, -0.1) is 0 Å². The maximum Gasteiger partial charge on any atom is 0.407 e. The molecule has 61 heavy (non-hydrogen) atoms. The molecule has 5 heterocycles. The molecule has 0 saturated carbocycles. The van der Waals surface area contributed by atoms with Crippen LogP contribution in [0.15, 0.2) is 89.9 Å². The number of methoxy groups -OCH3 is 3. The van der Waals surface area contributed by atoms with E-state index in [1.807, 2.05) is 16.8 Å². The lowest BCUT2D eigenvalue weighted by molar-refractivity contribution is -0.137. The number of hydrogen-bond donors (Lipinski definition) is 4. The number of hydrogen-bond acceptors (Lipinski definition) is 10. The smallest absolute Gasteiger partial charge is 0.407 e. The standard InChI is InChI=1S/C45H48N8O7S/c1-26(58-2)38(50-44(56)59-3)42(54)52-18-5-7-36(52)41-47-24-35(49-41)32-16-15-30-21-29(13-14-31(30)22-32)27-9-11-28(12-10-27)34-23-46-40(48-34)37-8-6-19-53(37)43(55)39(51-45(57)60-4)33-17-20-61-25-33/h9-17,20-26,36-39H,5-8,18-19H2,1-4H3,(H,46,48)(H,47,49)(H,50,56)(H,51,57). The third-order valence-electron chi connectivity index (χ3n) is 11.7. The van der Waals surface area contributed by atoms with Gasteiger partial charge in [-0.3, -0.25) is 9.59 Å². The van der Waals surface area contributed by atoms with Crippen LogP contribution in [-0.4, -0.2) is 100 Å². The number of nitrogens with one attached hydrogen (secondary N) is 4. The van der Waals surface area contributed by atoms with Crippen molar-refractivity contribution in [1.29, 1.82) is 0 Å². The van der Waals surface area contributed by atoms with E-state index >= 15 is 0 Å². The monoisotopic (exact) mass is 844 g/mol. The number of carbonyl (C=O) groups is 4. The maximum absolute atomic E-state index is 13.8. The zero-order chi connectivity index (χ0) is 42.6. The third kappa shape index (κ3) is 8.59. The SMILES string of the molecule is COC(=O)NC(C(=O)N1CCCC1c1ncc(-c2ccc(-c3ccc4cc(-c5cnc(C6CCCN6C(=O)C(NC(=O)OC)C(C)OC)[nH]5)ccc4c3)cc2)[nH]1)c1ccsc1. The van der Waals surface area contributed by atoms with Gasteiger partial charge >= 0.3 is 12.2 Å². The number of nitrogens with zero attached hydrogens (tertiary/aromatic N) is 4. The Morgan fingerprint density at radius 2 is 1.25 bits per heavy atom. The molecule has 2 fully saturated rings. The lowest BCUT2D eigenvalue weighted by Crippen LogP contribution is -2.54. The lowest BCUT2D eigenvalue weighted by Gasteiger charge is -2.30. The Kier molecular flexibility index (Phi) is 12.2. The molecule has 316 valence electrons. The zero-order valence-corrected chi connectivity index (χ0v) is 35.2. The average molecular weight is 845 g/mol. The van der Waals surface area contributed by atoms with Crippen molar-refractivity contribution < 1.29 is 33.4 Å². The van der Waals surface area contributed by atoms with Crippen LogP contribution in [0, 0.1) is 0 Å². The molecule has 0 spiro atoms. The molecule has 2 aliphatic heterocycles. The van der Waals surface area contributed by atoms with Crippen molar-refractivity contribution in [2.75, 3.05) is 34.4 Å². The Hall–Kier alpha value is -6.52. The van der Waals surface area contributed by atoms with Crippen LogP contribution in [0.5, 0.6) is 0 Å². The van der Waals surface area contributed by atoms with E-state index < -0.39 is 30.4 Å². The molecule has 2 aliphatic rings. The summed E-state index contributed by atoms with van der Waals surface area (Å²) in [4.78, 5) is 71.6. The van der Waals surface area contributed by atoms with Crippen molar-refractivity contribution in [3.63, 3.8) is 0 Å². The molecule has 3 aromatic carbocycles. The number of rotatable bonds is 12. The van der Waals surface area contributed by atoms with Crippen LogP contribution < -0.4 is 10.6 Å². The van der Waals surface area contributed by atoms with E-state index in [4.69, 9.17) is 24.2 Å². The van der Waals surface area contributed by atoms with Crippen molar-refractivity contribution in [1.82, 2.24) is 40.4 Å². The van der Waals surface area contributed by atoms with Crippen LogP contribution in [0.4, 0.5) is 9.59 Å². The number of alkyl carbamates (subject to hydrolysis) is 2. The number of aromatic nitrogens is 4. The van der Waals surface area contributed by atoms with Gasteiger partial charge in [0, 0.05) is 25.8 Å². The average Bonchev–Trinajstić information content (AvgIpc) is 4.15. The van der Waals surface area contributed by atoms with E-state index in [0.29, 0.717) is 24.7 Å². The highest BCUT2D eigenvalue weighted by Crippen LogP contribution is 2.36.